The summed E-state index contributed by atoms with van der Waals surface area (Å²) in [7, 11) is 0. The van der Waals surface area contributed by atoms with Crippen LogP contribution < -0.4 is 9.47 Å². The van der Waals surface area contributed by atoms with Crippen LogP contribution in [0.4, 0.5) is 4.79 Å². The van der Waals surface area contributed by atoms with Crippen LogP contribution in [0.25, 0.3) is 10.9 Å². The Hall–Kier alpha value is -2.54. The van der Waals surface area contributed by atoms with Gasteiger partial charge in [-0.3, -0.25) is 4.98 Å². The average molecular weight is 346 g/mol. The Labute approximate surface area is 145 Å². The number of hydrogen-bond acceptors (Lipinski definition) is 5. The summed E-state index contributed by atoms with van der Waals surface area (Å²) in [5.74, 6) is 1.26. The molecule has 0 fully saturated rings. The molecule has 1 aliphatic rings. The highest BCUT2D eigenvalue weighted by molar-refractivity contribution is 5.88. The van der Waals surface area contributed by atoms with Gasteiger partial charge in [-0.2, -0.15) is 0 Å². The molecule has 2 heterocycles. The van der Waals surface area contributed by atoms with E-state index < -0.39 is 6.09 Å². The molecule has 0 saturated carbocycles. The molecule has 0 radical (unpaired) electrons. The van der Waals surface area contributed by atoms with Crippen molar-refractivity contribution in [1.82, 2.24) is 9.88 Å². The number of pyridine rings is 1. The summed E-state index contributed by atoms with van der Waals surface area (Å²) < 4.78 is 11.8. The lowest BCUT2D eigenvalue weighted by atomic mass is 10.1. The second kappa shape index (κ2) is 7.57. The molecule has 0 unspecified atom stereocenters. The van der Waals surface area contributed by atoms with Crippen molar-refractivity contribution in [3.05, 3.63) is 30.0 Å². The molecule has 1 amide bonds. The van der Waals surface area contributed by atoms with Crippen molar-refractivity contribution >= 4 is 17.0 Å². The van der Waals surface area contributed by atoms with E-state index in [4.69, 9.17) is 14.6 Å². The second-order valence-corrected chi connectivity index (χ2v) is 6.12. The molecular formula is C18H22N2O5. The second-order valence-electron chi connectivity index (χ2n) is 6.12. The molecule has 1 aliphatic heterocycles. The number of unbranched alkanes of at least 4 members (excludes halogenated alkanes) is 1. The third kappa shape index (κ3) is 3.93. The van der Waals surface area contributed by atoms with Crippen molar-refractivity contribution in [2.75, 3.05) is 26.3 Å². The summed E-state index contributed by atoms with van der Waals surface area (Å²) in [6.07, 6.45) is -0.198. The fourth-order valence-corrected chi connectivity index (χ4v) is 2.89. The number of ether oxygens (including phenoxy) is 2. The van der Waals surface area contributed by atoms with Crippen molar-refractivity contribution in [1.29, 1.82) is 0 Å². The topological polar surface area (TPSA) is 92.1 Å². The van der Waals surface area contributed by atoms with Crippen molar-refractivity contribution in [2.24, 2.45) is 0 Å². The van der Waals surface area contributed by atoms with Crippen LogP contribution in [0.15, 0.2) is 24.3 Å². The molecule has 1 atom stereocenters. The number of aliphatic hydroxyl groups excluding tert-OH is 1. The molecule has 3 rings (SSSR count). The monoisotopic (exact) mass is 346 g/mol. The standard InChI is InChI=1S/C18H22N2O5/c1-12-4-5-14-15(19-12)6-7-16-17(14)25-13(11-24-16)10-20(18(22)23)8-2-3-9-21/h4-7,13,21H,2-3,8-11H2,1H3,(H,22,23)/t13-/m0/s1. The Morgan fingerprint density at radius 3 is 2.92 bits per heavy atom. The van der Waals surface area contributed by atoms with Crippen LogP contribution in [-0.2, 0) is 0 Å². The van der Waals surface area contributed by atoms with Gasteiger partial charge < -0.3 is 24.6 Å². The molecule has 0 saturated heterocycles. The number of aromatic nitrogens is 1. The van der Waals surface area contributed by atoms with Gasteiger partial charge in [-0.05, 0) is 44.0 Å². The van der Waals surface area contributed by atoms with Gasteiger partial charge in [-0.1, -0.05) is 0 Å². The number of fused-ring (bicyclic) bond motifs is 3. The molecule has 2 N–H and O–H groups in total. The van der Waals surface area contributed by atoms with Crippen LogP contribution >= 0.6 is 0 Å². The number of aryl methyl sites for hydroxylation is 1. The van der Waals surface area contributed by atoms with E-state index in [1.807, 2.05) is 31.2 Å². The lowest BCUT2D eigenvalue weighted by Gasteiger charge is -2.30. The minimum absolute atomic E-state index is 0.0578. The summed E-state index contributed by atoms with van der Waals surface area (Å²) in [6.45, 7) is 2.86. The van der Waals surface area contributed by atoms with Crippen molar-refractivity contribution in [3.63, 3.8) is 0 Å². The van der Waals surface area contributed by atoms with E-state index in [9.17, 15) is 9.90 Å². The highest BCUT2D eigenvalue weighted by Gasteiger charge is 2.26. The summed E-state index contributed by atoms with van der Waals surface area (Å²) in [4.78, 5) is 17.2. The maximum absolute atomic E-state index is 11.4. The van der Waals surface area contributed by atoms with Crippen LogP contribution in [0, 0.1) is 6.92 Å². The molecule has 1 aromatic carbocycles. The fourth-order valence-electron chi connectivity index (χ4n) is 2.89. The first-order chi connectivity index (χ1) is 12.1. The summed E-state index contributed by atoms with van der Waals surface area (Å²) >= 11 is 0. The van der Waals surface area contributed by atoms with Gasteiger partial charge in [-0.25, -0.2) is 4.79 Å². The molecule has 0 aliphatic carbocycles. The summed E-state index contributed by atoms with van der Waals surface area (Å²) in [5, 5.41) is 19.1. The molecule has 2 aromatic rings. The highest BCUT2D eigenvalue weighted by atomic mass is 16.6. The van der Waals surface area contributed by atoms with Crippen LogP contribution in [0.3, 0.4) is 0 Å². The number of rotatable bonds is 6. The number of carbonyl (C=O) groups is 1. The molecule has 1 aromatic heterocycles. The fraction of sp³-hybridized carbons (Fsp3) is 0.444. The number of amides is 1. The summed E-state index contributed by atoms with van der Waals surface area (Å²) in [5.41, 5.74) is 1.74. The van der Waals surface area contributed by atoms with E-state index in [2.05, 4.69) is 4.98 Å². The number of carboxylic acid groups (broad SMARTS) is 1. The maximum Gasteiger partial charge on any atom is 0.407 e. The number of nitrogens with zero attached hydrogens (tertiary/aromatic N) is 2. The van der Waals surface area contributed by atoms with E-state index in [0.717, 1.165) is 16.6 Å². The molecular weight excluding hydrogens is 324 g/mol. The van der Waals surface area contributed by atoms with E-state index in [-0.39, 0.29) is 19.3 Å². The van der Waals surface area contributed by atoms with Gasteiger partial charge in [-0.15, -0.1) is 0 Å². The van der Waals surface area contributed by atoms with Crippen molar-refractivity contribution < 1.29 is 24.5 Å². The Balaban J connectivity index is 1.76. The van der Waals surface area contributed by atoms with Gasteiger partial charge in [0.05, 0.1) is 12.1 Å². The Morgan fingerprint density at radius 1 is 1.32 bits per heavy atom. The lowest BCUT2D eigenvalue weighted by Crippen LogP contribution is -2.43. The van der Waals surface area contributed by atoms with E-state index in [1.54, 1.807) is 0 Å². The predicted octanol–water partition coefficient (Wildman–Crippen LogP) is 2.44. The third-order valence-electron chi connectivity index (χ3n) is 4.16. The zero-order valence-corrected chi connectivity index (χ0v) is 14.1. The largest absolute Gasteiger partial charge is 0.486 e. The normalized spacial score (nSPS) is 16.0. The molecule has 0 spiro atoms. The Morgan fingerprint density at radius 2 is 2.16 bits per heavy atom. The third-order valence-corrected chi connectivity index (χ3v) is 4.16. The summed E-state index contributed by atoms with van der Waals surface area (Å²) in [6, 6.07) is 7.58. The van der Waals surface area contributed by atoms with Gasteiger partial charge in [0.25, 0.3) is 0 Å². The zero-order valence-electron chi connectivity index (χ0n) is 14.1. The molecule has 134 valence electrons. The van der Waals surface area contributed by atoms with E-state index >= 15 is 0 Å². The number of benzene rings is 1. The highest BCUT2D eigenvalue weighted by Crippen LogP contribution is 2.38. The average Bonchev–Trinajstić information content (AvgIpc) is 2.60. The van der Waals surface area contributed by atoms with Crippen LogP contribution in [0.2, 0.25) is 0 Å². The van der Waals surface area contributed by atoms with Crippen LogP contribution in [0.1, 0.15) is 18.5 Å². The SMILES string of the molecule is Cc1ccc2c3c(ccc2n1)OC[C@H](CN(CCCCO)C(=O)O)O3. The lowest BCUT2D eigenvalue weighted by molar-refractivity contribution is 0.0579. The molecule has 7 nitrogen and oxygen atoms in total. The van der Waals surface area contributed by atoms with Crippen LogP contribution in [-0.4, -0.2) is 58.6 Å². The van der Waals surface area contributed by atoms with Crippen molar-refractivity contribution in [2.45, 2.75) is 25.9 Å². The maximum atomic E-state index is 11.4. The van der Waals surface area contributed by atoms with Gasteiger partial charge in [0, 0.05) is 24.2 Å². The van der Waals surface area contributed by atoms with Gasteiger partial charge in [0.1, 0.15) is 6.61 Å². The van der Waals surface area contributed by atoms with Crippen LogP contribution in [0.5, 0.6) is 11.5 Å². The zero-order chi connectivity index (χ0) is 17.8. The first-order valence-electron chi connectivity index (χ1n) is 8.37. The Bertz CT molecular complexity index is 764. The van der Waals surface area contributed by atoms with Gasteiger partial charge >= 0.3 is 6.09 Å². The number of hydrogen-bond donors (Lipinski definition) is 2. The molecule has 25 heavy (non-hydrogen) atoms. The first-order valence-corrected chi connectivity index (χ1v) is 8.37. The minimum atomic E-state index is -0.998. The smallest absolute Gasteiger partial charge is 0.407 e. The quantitative estimate of drug-likeness (QED) is 0.781. The van der Waals surface area contributed by atoms with Crippen molar-refractivity contribution in [3.8, 4) is 11.5 Å². The van der Waals surface area contributed by atoms with Gasteiger partial charge in [0.2, 0.25) is 0 Å². The van der Waals surface area contributed by atoms with Gasteiger partial charge in [0.15, 0.2) is 17.6 Å². The first kappa shape index (κ1) is 17.3. The Kier molecular flexibility index (Phi) is 5.23. The number of aliphatic hydroxyl groups is 1. The van der Waals surface area contributed by atoms with E-state index in [1.165, 1.54) is 4.90 Å². The van der Waals surface area contributed by atoms with E-state index in [0.29, 0.717) is 37.5 Å². The molecule has 7 heteroatoms. The predicted molar refractivity (Wildman–Crippen MR) is 92.3 cm³/mol. The molecule has 0 bridgehead atoms. The minimum Gasteiger partial charge on any atom is -0.486 e.